The number of hydrogen-bond acceptors (Lipinski definition) is 2. The third-order valence-electron chi connectivity index (χ3n) is 2.22. The standard InChI is InChI=1S/C9H15O2Si/c1-8(2)12(10,11)9-6-4-3-5-7-9/h3-8,10-12H,1-2H3/q-1. The molecule has 0 aliphatic rings. The molecule has 0 bridgehead atoms. The monoisotopic (exact) mass is 183 g/mol. The molecule has 2 nitrogen and oxygen atoms in total. The van der Waals surface area contributed by atoms with Crippen molar-refractivity contribution in [2.75, 3.05) is 0 Å². The Balaban J connectivity index is 2.98. The van der Waals surface area contributed by atoms with Crippen molar-refractivity contribution in [3.8, 4) is 0 Å². The van der Waals surface area contributed by atoms with E-state index in [1.165, 1.54) is 0 Å². The van der Waals surface area contributed by atoms with Gasteiger partial charge in [-0.25, -0.2) is 0 Å². The van der Waals surface area contributed by atoms with Crippen LogP contribution in [0.3, 0.4) is 0 Å². The summed E-state index contributed by atoms with van der Waals surface area (Å²) in [4.78, 5) is 19.6. The Labute approximate surface area is 73.7 Å². The van der Waals surface area contributed by atoms with Crippen LogP contribution in [0.1, 0.15) is 13.8 Å². The molecule has 0 amide bonds. The first-order valence-electron chi connectivity index (χ1n) is 4.20. The Bertz CT molecular complexity index is 244. The third kappa shape index (κ3) is 1.74. The summed E-state index contributed by atoms with van der Waals surface area (Å²) in [6.45, 7) is 3.69. The van der Waals surface area contributed by atoms with E-state index < -0.39 is 8.56 Å². The van der Waals surface area contributed by atoms with Crippen LogP contribution < -0.4 is 5.19 Å². The van der Waals surface area contributed by atoms with Crippen molar-refractivity contribution < 1.29 is 9.59 Å². The average molecular weight is 183 g/mol. The molecule has 0 spiro atoms. The van der Waals surface area contributed by atoms with Gasteiger partial charge in [-0.05, 0) is 0 Å². The van der Waals surface area contributed by atoms with Gasteiger partial charge in [-0.1, -0.05) is 0 Å². The molecule has 1 aromatic carbocycles. The molecule has 0 atom stereocenters. The molecule has 2 N–H and O–H groups in total. The first-order chi connectivity index (χ1) is 5.55. The summed E-state index contributed by atoms with van der Waals surface area (Å²) in [6.07, 6.45) is 0. The Morgan fingerprint density at radius 1 is 1.08 bits per heavy atom. The van der Waals surface area contributed by atoms with Crippen LogP contribution in [0.15, 0.2) is 30.3 Å². The number of rotatable bonds is 2. The molecule has 0 aromatic heterocycles. The van der Waals surface area contributed by atoms with Gasteiger partial charge in [0.25, 0.3) is 0 Å². The van der Waals surface area contributed by atoms with Crippen molar-refractivity contribution in [2.24, 2.45) is 0 Å². The predicted octanol–water partition coefficient (Wildman–Crippen LogP) is 0.463. The molecule has 0 radical (unpaired) electrons. The molecule has 1 aromatic rings. The van der Waals surface area contributed by atoms with Crippen LogP contribution in [0.5, 0.6) is 0 Å². The van der Waals surface area contributed by atoms with Gasteiger partial charge < -0.3 is 0 Å². The fourth-order valence-corrected chi connectivity index (χ4v) is 2.68. The molecule has 0 aliphatic carbocycles. The molecular formula is C9H15O2Si-. The van der Waals surface area contributed by atoms with E-state index in [1.807, 2.05) is 32.0 Å². The second-order valence-corrected chi connectivity index (χ2v) is 7.17. The fraction of sp³-hybridized carbons (Fsp3) is 0.333. The number of hydrogen-bond donors (Lipinski definition) is 2. The summed E-state index contributed by atoms with van der Waals surface area (Å²) in [7, 11) is -3.45. The summed E-state index contributed by atoms with van der Waals surface area (Å²) < 4.78 is 0. The fourth-order valence-electron chi connectivity index (χ4n) is 1.12. The van der Waals surface area contributed by atoms with E-state index in [9.17, 15) is 9.59 Å². The maximum atomic E-state index is 9.79. The van der Waals surface area contributed by atoms with E-state index >= 15 is 0 Å². The zero-order chi connectivity index (χ0) is 9.19. The summed E-state index contributed by atoms with van der Waals surface area (Å²) in [5.74, 6) is 0. The third-order valence-corrected chi connectivity index (χ3v) is 5.45. The van der Waals surface area contributed by atoms with Crippen molar-refractivity contribution in [3.05, 3.63) is 30.3 Å². The van der Waals surface area contributed by atoms with Gasteiger partial charge in [-0.3, -0.25) is 0 Å². The molecule has 0 unspecified atom stereocenters. The molecule has 68 valence electrons. The maximum absolute atomic E-state index is 9.79. The SMILES string of the molecule is CC(C)[SiH-](O)(O)c1ccccc1. The molecule has 3 heteroatoms. The van der Waals surface area contributed by atoms with Crippen LogP contribution in [0.2, 0.25) is 5.54 Å². The summed E-state index contributed by atoms with van der Waals surface area (Å²) >= 11 is 0. The predicted molar refractivity (Wildman–Crippen MR) is 52.8 cm³/mol. The van der Waals surface area contributed by atoms with Crippen molar-refractivity contribution in [1.82, 2.24) is 0 Å². The van der Waals surface area contributed by atoms with Crippen molar-refractivity contribution in [3.63, 3.8) is 0 Å². The second-order valence-electron chi connectivity index (χ2n) is 3.49. The molecule has 0 heterocycles. The molecule has 0 saturated heterocycles. The van der Waals surface area contributed by atoms with Gasteiger partial charge in [-0.15, -0.1) is 0 Å². The van der Waals surface area contributed by atoms with Crippen LogP contribution in [0, 0.1) is 0 Å². The van der Waals surface area contributed by atoms with E-state index in [1.54, 1.807) is 12.1 Å². The van der Waals surface area contributed by atoms with Gasteiger partial charge in [-0.2, -0.15) is 0 Å². The molecule has 0 aliphatic heterocycles. The van der Waals surface area contributed by atoms with Gasteiger partial charge in [0.2, 0.25) is 0 Å². The summed E-state index contributed by atoms with van der Waals surface area (Å²) in [5.41, 5.74) is -0.0418. The van der Waals surface area contributed by atoms with Gasteiger partial charge in [0.15, 0.2) is 0 Å². The normalized spacial score (nSPS) is 13.4. The van der Waals surface area contributed by atoms with E-state index in [4.69, 9.17) is 0 Å². The Morgan fingerprint density at radius 3 is 2.00 bits per heavy atom. The second kappa shape index (κ2) is 3.39. The Kier molecular flexibility index (Phi) is 2.67. The van der Waals surface area contributed by atoms with E-state index in [0.717, 1.165) is 0 Å². The average Bonchev–Trinajstić information content (AvgIpc) is 2.06. The van der Waals surface area contributed by atoms with Gasteiger partial charge in [0.05, 0.1) is 0 Å². The van der Waals surface area contributed by atoms with Crippen LogP contribution in [0.4, 0.5) is 0 Å². The topological polar surface area (TPSA) is 40.5 Å². The van der Waals surface area contributed by atoms with Crippen LogP contribution in [-0.4, -0.2) is 18.2 Å². The molecule has 1 rings (SSSR count). The Morgan fingerprint density at radius 2 is 1.58 bits per heavy atom. The molecule has 0 fully saturated rings. The Hall–Kier alpha value is -0.643. The quantitative estimate of drug-likeness (QED) is 0.654. The van der Waals surface area contributed by atoms with Crippen LogP contribution in [0.25, 0.3) is 0 Å². The van der Waals surface area contributed by atoms with Crippen LogP contribution in [-0.2, 0) is 0 Å². The van der Waals surface area contributed by atoms with Crippen molar-refractivity contribution in [2.45, 2.75) is 19.4 Å². The first-order valence-corrected chi connectivity index (χ1v) is 6.48. The van der Waals surface area contributed by atoms with Gasteiger partial charge in [0, 0.05) is 0 Å². The zero-order valence-electron chi connectivity index (χ0n) is 7.44. The van der Waals surface area contributed by atoms with E-state index in [0.29, 0.717) is 5.19 Å². The summed E-state index contributed by atoms with van der Waals surface area (Å²) in [6, 6.07) is 9.10. The summed E-state index contributed by atoms with van der Waals surface area (Å²) in [5, 5.41) is 0.708. The van der Waals surface area contributed by atoms with Crippen molar-refractivity contribution >= 4 is 13.7 Å². The first kappa shape index (κ1) is 9.44. The molecule has 12 heavy (non-hydrogen) atoms. The van der Waals surface area contributed by atoms with E-state index in [2.05, 4.69) is 0 Å². The molecule has 0 saturated carbocycles. The van der Waals surface area contributed by atoms with Gasteiger partial charge >= 0.3 is 73.1 Å². The zero-order valence-corrected chi connectivity index (χ0v) is 8.59. The van der Waals surface area contributed by atoms with Crippen molar-refractivity contribution in [1.29, 1.82) is 0 Å². The van der Waals surface area contributed by atoms with E-state index in [-0.39, 0.29) is 5.54 Å². The minimum atomic E-state index is -3.45. The minimum absolute atomic E-state index is 0.0418. The van der Waals surface area contributed by atoms with Crippen LogP contribution >= 0.6 is 0 Å². The number of benzene rings is 1. The van der Waals surface area contributed by atoms with Gasteiger partial charge in [0.1, 0.15) is 0 Å². The molecular weight excluding hydrogens is 168 g/mol.